The average Bonchev–Trinajstić information content (AvgIpc) is 3.05. The number of carbonyl (C=O) groups excluding carboxylic acids is 2. The van der Waals surface area contributed by atoms with Crippen LogP contribution in [0.15, 0.2) is 42.5 Å². The largest absolute Gasteiger partial charge is 0.451 e. The number of carbonyl (C=O) groups is 2. The Balaban J connectivity index is 1.65. The van der Waals surface area contributed by atoms with Gasteiger partial charge in [0.1, 0.15) is 9.88 Å². The third-order valence-electron chi connectivity index (χ3n) is 4.27. The summed E-state index contributed by atoms with van der Waals surface area (Å²) in [6.07, 6.45) is 0. The second-order valence-corrected chi connectivity index (χ2v) is 7.75. The number of thiazole rings is 1. The van der Waals surface area contributed by atoms with Crippen molar-refractivity contribution in [2.45, 2.75) is 20.8 Å². The van der Waals surface area contributed by atoms with Crippen LogP contribution in [0.4, 0.5) is 5.69 Å². The van der Waals surface area contributed by atoms with Crippen LogP contribution in [0.1, 0.15) is 26.5 Å². The highest BCUT2D eigenvalue weighted by atomic mass is 35.5. The number of hydrogen-bond donors (Lipinski definition) is 1. The summed E-state index contributed by atoms with van der Waals surface area (Å²) < 4.78 is 5.18. The lowest BCUT2D eigenvalue weighted by Gasteiger charge is -2.10. The molecule has 0 bridgehead atoms. The molecule has 2 aromatic carbocycles. The van der Waals surface area contributed by atoms with Crippen molar-refractivity contribution in [3.8, 4) is 10.6 Å². The number of nitrogens with one attached hydrogen (secondary N) is 1. The van der Waals surface area contributed by atoms with Gasteiger partial charge in [0, 0.05) is 16.3 Å². The lowest BCUT2D eigenvalue weighted by Crippen LogP contribution is -2.21. The molecule has 0 spiro atoms. The molecular formula is C21H19ClN2O3S. The normalized spacial score (nSPS) is 10.6. The van der Waals surface area contributed by atoms with Gasteiger partial charge < -0.3 is 10.1 Å². The summed E-state index contributed by atoms with van der Waals surface area (Å²) in [5.41, 5.74) is 4.14. The van der Waals surface area contributed by atoms with E-state index < -0.39 is 5.97 Å². The van der Waals surface area contributed by atoms with Crippen LogP contribution < -0.4 is 5.32 Å². The Labute approximate surface area is 172 Å². The molecule has 0 aliphatic carbocycles. The number of aryl methyl sites for hydroxylation is 2. The van der Waals surface area contributed by atoms with Gasteiger partial charge in [0.05, 0.1) is 5.69 Å². The van der Waals surface area contributed by atoms with Gasteiger partial charge in [0.15, 0.2) is 6.61 Å². The van der Waals surface area contributed by atoms with E-state index in [1.165, 1.54) is 11.3 Å². The Hall–Kier alpha value is -2.70. The van der Waals surface area contributed by atoms with Crippen molar-refractivity contribution in [3.05, 3.63) is 69.2 Å². The predicted molar refractivity (Wildman–Crippen MR) is 112 cm³/mol. The highest BCUT2D eigenvalue weighted by Crippen LogP contribution is 2.30. The molecule has 144 valence electrons. The summed E-state index contributed by atoms with van der Waals surface area (Å²) in [7, 11) is 0. The Kier molecular flexibility index (Phi) is 6.11. The maximum Gasteiger partial charge on any atom is 0.350 e. The van der Waals surface area contributed by atoms with Gasteiger partial charge in [0.25, 0.3) is 5.91 Å². The SMILES string of the molecule is Cc1cccc(NC(=O)COC(=O)c2sc(-c3cccc(Cl)c3)nc2C)c1C. The van der Waals surface area contributed by atoms with Gasteiger partial charge in [0.2, 0.25) is 0 Å². The number of rotatable bonds is 5. The van der Waals surface area contributed by atoms with E-state index in [0.29, 0.717) is 26.3 Å². The Morgan fingerprint density at radius 3 is 2.64 bits per heavy atom. The molecule has 28 heavy (non-hydrogen) atoms. The van der Waals surface area contributed by atoms with Gasteiger partial charge in [-0.15, -0.1) is 11.3 Å². The summed E-state index contributed by atoms with van der Waals surface area (Å²) in [5.74, 6) is -0.960. The third-order valence-corrected chi connectivity index (χ3v) is 5.69. The molecule has 0 saturated heterocycles. The summed E-state index contributed by atoms with van der Waals surface area (Å²) >= 11 is 7.23. The van der Waals surface area contributed by atoms with E-state index in [4.69, 9.17) is 16.3 Å². The number of hydrogen-bond acceptors (Lipinski definition) is 5. The molecule has 3 aromatic rings. The van der Waals surface area contributed by atoms with Crippen LogP contribution >= 0.6 is 22.9 Å². The van der Waals surface area contributed by atoms with Gasteiger partial charge in [-0.25, -0.2) is 9.78 Å². The van der Waals surface area contributed by atoms with Crippen LogP contribution in [-0.2, 0) is 9.53 Å². The van der Waals surface area contributed by atoms with Gasteiger partial charge in [-0.2, -0.15) is 0 Å². The molecule has 3 rings (SSSR count). The standard InChI is InChI=1S/C21H19ClN2O3S/c1-12-6-4-9-17(13(12)2)24-18(25)11-27-21(26)19-14(3)23-20(28-19)15-7-5-8-16(22)10-15/h4-10H,11H2,1-3H3,(H,24,25). The van der Waals surface area contributed by atoms with E-state index in [-0.39, 0.29) is 12.5 Å². The molecule has 0 aliphatic rings. The molecule has 0 radical (unpaired) electrons. The Morgan fingerprint density at radius 2 is 1.89 bits per heavy atom. The van der Waals surface area contributed by atoms with Gasteiger partial charge in [-0.05, 0) is 50.1 Å². The van der Waals surface area contributed by atoms with Crippen LogP contribution in [0.25, 0.3) is 10.6 Å². The molecular weight excluding hydrogens is 396 g/mol. The minimum Gasteiger partial charge on any atom is -0.451 e. The zero-order valence-electron chi connectivity index (χ0n) is 15.7. The minimum absolute atomic E-state index is 0.365. The molecule has 1 amide bonds. The van der Waals surface area contributed by atoms with Crippen molar-refractivity contribution in [2.24, 2.45) is 0 Å². The topological polar surface area (TPSA) is 68.3 Å². The zero-order valence-corrected chi connectivity index (χ0v) is 17.3. The highest BCUT2D eigenvalue weighted by Gasteiger charge is 2.19. The van der Waals surface area contributed by atoms with E-state index in [0.717, 1.165) is 16.7 Å². The van der Waals surface area contributed by atoms with E-state index in [2.05, 4.69) is 10.3 Å². The smallest absolute Gasteiger partial charge is 0.350 e. The molecule has 0 aliphatic heterocycles. The first-order valence-corrected chi connectivity index (χ1v) is 9.81. The number of amides is 1. The Bertz CT molecular complexity index is 1050. The maximum absolute atomic E-state index is 12.4. The van der Waals surface area contributed by atoms with Gasteiger partial charge >= 0.3 is 5.97 Å². The molecule has 0 saturated carbocycles. The van der Waals surface area contributed by atoms with E-state index in [1.54, 1.807) is 19.1 Å². The molecule has 0 atom stereocenters. The number of benzene rings is 2. The van der Waals surface area contributed by atoms with Gasteiger partial charge in [-0.3, -0.25) is 4.79 Å². The zero-order chi connectivity index (χ0) is 20.3. The van der Waals surface area contributed by atoms with E-state index in [9.17, 15) is 9.59 Å². The summed E-state index contributed by atoms with van der Waals surface area (Å²) in [4.78, 5) is 29.3. The molecule has 1 heterocycles. The first kappa shape index (κ1) is 20.0. The number of ether oxygens (including phenoxy) is 1. The second-order valence-electron chi connectivity index (χ2n) is 6.32. The Morgan fingerprint density at radius 1 is 1.14 bits per heavy atom. The van der Waals surface area contributed by atoms with Crippen molar-refractivity contribution in [1.82, 2.24) is 4.98 Å². The fourth-order valence-corrected chi connectivity index (χ4v) is 3.75. The quantitative estimate of drug-likeness (QED) is 0.584. The second kappa shape index (κ2) is 8.54. The lowest BCUT2D eigenvalue weighted by atomic mass is 10.1. The predicted octanol–water partition coefficient (Wildman–Crippen LogP) is 5.18. The van der Waals surface area contributed by atoms with Crippen molar-refractivity contribution < 1.29 is 14.3 Å². The van der Waals surface area contributed by atoms with Crippen LogP contribution in [0.5, 0.6) is 0 Å². The lowest BCUT2D eigenvalue weighted by molar-refractivity contribution is -0.119. The maximum atomic E-state index is 12.4. The fraction of sp³-hybridized carbons (Fsp3) is 0.190. The fourth-order valence-electron chi connectivity index (χ4n) is 2.60. The number of esters is 1. The average molecular weight is 415 g/mol. The number of anilines is 1. The van der Waals surface area contributed by atoms with Crippen LogP contribution in [0.2, 0.25) is 5.02 Å². The van der Waals surface area contributed by atoms with E-state index in [1.807, 2.05) is 44.2 Å². The molecule has 5 nitrogen and oxygen atoms in total. The van der Waals surface area contributed by atoms with E-state index >= 15 is 0 Å². The number of nitrogens with zero attached hydrogens (tertiary/aromatic N) is 1. The third kappa shape index (κ3) is 4.58. The first-order valence-electron chi connectivity index (χ1n) is 8.61. The van der Waals surface area contributed by atoms with Gasteiger partial charge in [-0.1, -0.05) is 35.9 Å². The summed E-state index contributed by atoms with van der Waals surface area (Å²) in [5, 5.41) is 4.03. The minimum atomic E-state index is -0.570. The summed E-state index contributed by atoms with van der Waals surface area (Å²) in [6, 6.07) is 12.9. The van der Waals surface area contributed by atoms with Crippen molar-refractivity contribution in [2.75, 3.05) is 11.9 Å². The number of halogens is 1. The molecule has 0 fully saturated rings. The van der Waals surface area contributed by atoms with Crippen LogP contribution in [-0.4, -0.2) is 23.5 Å². The molecule has 0 unspecified atom stereocenters. The molecule has 7 heteroatoms. The summed E-state index contributed by atoms with van der Waals surface area (Å²) in [6.45, 7) is 5.26. The highest BCUT2D eigenvalue weighted by molar-refractivity contribution is 7.17. The number of aromatic nitrogens is 1. The monoisotopic (exact) mass is 414 g/mol. The molecule has 1 aromatic heterocycles. The van der Waals surface area contributed by atoms with Crippen molar-refractivity contribution in [1.29, 1.82) is 0 Å². The van der Waals surface area contributed by atoms with Crippen LogP contribution in [0.3, 0.4) is 0 Å². The molecule has 1 N–H and O–H groups in total. The van der Waals surface area contributed by atoms with Crippen molar-refractivity contribution >= 4 is 40.5 Å². The van der Waals surface area contributed by atoms with Crippen molar-refractivity contribution in [3.63, 3.8) is 0 Å². The van der Waals surface area contributed by atoms with Crippen LogP contribution in [0, 0.1) is 20.8 Å². The first-order chi connectivity index (χ1) is 13.3.